The fourth-order valence-electron chi connectivity index (χ4n) is 2.40. The molecule has 0 unspecified atom stereocenters. The summed E-state index contributed by atoms with van der Waals surface area (Å²) in [6.45, 7) is 0.296. The molecule has 1 atom stereocenters. The molecule has 0 aliphatic heterocycles. The highest BCUT2D eigenvalue weighted by molar-refractivity contribution is 6.31. The van der Waals surface area contributed by atoms with Gasteiger partial charge in [0.2, 0.25) is 0 Å². The average molecular weight is 351 g/mol. The lowest BCUT2D eigenvalue weighted by Crippen LogP contribution is -2.24. The van der Waals surface area contributed by atoms with Gasteiger partial charge in [0.1, 0.15) is 5.82 Å². The lowest BCUT2D eigenvalue weighted by Gasteiger charge is -2.24. The molecular weight excluding hydrogens is 331 g/mol. The van der Waals surface area contributed by atoms with Gasteiger partial charge in [-0.25, -0.2) is 4.39 Å². The number of rotatable bonds is 6. The van der Waals surface area contributed by atoms with Crippen LogP contribution in [0.15, 0.2) is 41.4 Å². The van der Waals surface area contributed by atoms with Crippen molar-refractivity contribution in [3.8, 4) is 11.5 Å². The smallest absolute Gasteiger partial charge is 0.166 e. The lowest BCUT2D eigenvalue weighted by molar-refractivity contribution is 0.299. The van der Waals surface area contributed by atoms with Gasteiger partial charge in [0.25, 0.3) is 0 Å². The van der Waals surface area contributed by atoms with E-state index in [1.807, 2.05) is 19.0 Å². The number of aromatic hydroxyl groups is 1. The molecule has 0 spiro atoms. The third-order valence-corrected chi connectivity index (χ3v) is 4.04. The van der Waals surface area contributed by atoms with Gasteiger partial charge in [-0.15, -0.1) is 0 Å². The van der Waals surface area contributed by atoms with E-state index in [9.17, 15) is 9.50 Å². The summed E-state index contributed by atoms with van der Waals surface area (Å²) in [5.41, 5.74) is 0.947. The number of phenolic OH excluding ortho intramolecular Hbond substituents is 1. The Morgan fingerprint density at radius 1 is 1.29 bits per heavy atom. The maximum atomic E-state index is 14.2. The zero-order chi connectivity index (χ0) is 17.7. The van der Waals surface area contributed by atoms with Crippen LogP contribution in [0.2, 0.25) is 5.02 Å². The Morgan fingerprint density at radius 3 is 2.62 bits per heavy atom. The molecule has 0 aliphatic rings. The Morgan fingerprint density at radius 2 is 2.00 bits per heavy atom. The van der Waals surface area contributed by atoms with Gasteiger partial charge in [0.05, 0.1) is 19.7 Å². The molecular formula is C18H20ClFN2O2. The summed E-state index contributed by atoms with van der Waals surface area (Å²) in [5.74, 6) is 0.0370. The van der Waals surface area contributed by atoms with Gasteiger partial charge in [0, 0.05) is 22.4 Å². The number of hydrogen-bond donors (Lipinski definition) is 1. The van der Waals surface area contributed by atoms with Gasteiger partial charge in [-0.1, -0.05) is 23.7 Å². The van der Waals surface area contributed by atoms with E-state index in [0.29, 0.717) is 28.4 Å². The van der Waals surface area contributed by atoms with Gasteiger partial charge in [-0.05, 0) is 38.4 Å². The van der Waals surface area contributed by atoms with Crippen molar-refractivity contribution in [3.05, 3.63) is 58.4 Å². The fourth-order valence-corrected chi connectivity index (χ4v) is 2.69. The first-order chi connectivity index (χ1) is 11.5. The van der Waals surface area contributed by atoms with Gasteiger partial charge in [-0.2, -0.15) is 0 Å². The number of likely N-dealkylation sites (N-methyl/N-ethyl adjacent to an activating group) is 1. The van der Waals surface area contributed by atoms with Gasteiger partial charge in [0.15, 0.2) is 11.5 Å². The summed E-state index contributed by atoms with van der Waals surface area (Å²) in [6, 6.07) is 9.45. The van der Waals surface area contributed by atoms with Crippen molar-refractivity contribution >= 4 is 17.8 Å². The Kier molecular flexibility index (Phi) is 6.17. The van der Waals surface area contributed by atoms with Crippen LogP contribution in [0.4, 0.5) is 4.39 Å². The Balaban J connectivity index is 2.24. The molecule has 0 heterocycles. The minimum Gasteiger partial charge on any atom is -0.504 e. The number of aliphatic imine (C=N–C) groups is 1. The Bertz CT molecular complexity index is 715. The highest BCUT2D eigenvalue weighted by Gasteiger charge is 2.20. The molecule has 0 aliphatic carbocycles. The first-order valence-corrected chi connectivity index (χ1v) is 7.79. The quantitative estimate of drug-likeness (QED) is 0.803. The zero-order valence-electron chi connectivity index (χ0n) is 13.8. The van der Waals surface area contributed by atoms with Crippen LogP contribution in [0.3, 0.4) is 0 Å². The van der Waals surface area contributed by atoms with Crippen molar-refractivity contribution < 1.29 is 14.2 Å². The number of nitrogens with zero attached hydrogens (tertiary/aromatic N) is 2. The normalized spacial score (nSPS) is 12.8. The molecule has 1 N–H and O–H groups in total. The van der Waals surface area contributed by atoms with Crippen molar-refractivity contribution in [1.82, 2.24) is 4.90 Å². The lowest BCUT2D eigenvalue weighted by atomic mass is 10.1. The summed E-state index contributed by atoms with van der Waals surface area (Å²) in [6.07, 6.45) is 1.54. The highest BCUT2D eigenvalue weighted by Crippen LogP contribution is 2.30. The number of para-hydroxylation sites is 1. The van der Waals surface area contributed by atoms with Crippen LogP contribution in [0.1, 0.15) is 17.2 Å². The van der Waals surface area contributed by atoms with E-state index >= 15 is 0 Å². The predicted molar refractivity (Wildman–Crippen MR) is 95.0 cm³/mol. The van der Waals surface area contributed by atoms with E-state index in [1.54, 1.807) is 36.5 Å². The van der Waals surface area contributed by atoms with E-state index < -0.39 is 0 Å². The summed E-state index contributed by atoms with van der Waals surface area (Å²) >= 11 is 6.15. The molecule has 0 saturated heterocycles. The summed E-state index contributed by atoms with van der Waals surface area (Å²) in [4.78, 5) is 6.20. The van der Waals surface area contributed by atoms with Crippen LogP contribution in [-0.4, -0.2) is 44.0 Å². The van der Waals surface area contributed by atoms with Crippen molar-refractivity contribution in [1.29, 1.82) is 0 Å². The highest BCUT2D eigenvalue weighted by atomic mass is 35.5. The van der Waals surface area contributed by atoms with E-state index in [4.69, 9.17) is 16.3 Å². The van der Waals surface area contributed by atoms with Gasteiger partial charge >= 0.3 is 0 Å². The molecule has 0 saturated carbocycles. The molecule has 24 heavy (non-hydrogen) atoms. The van der Waals surface area contributed by atoms with Crippen LogP contribution in [0.5, 0.6) is 11.5 Å². The minimum atomic E-state index is -0.361. The standard InChI is InChI=1S/C18H20ClFN2O2/c1-22(2)15(17-13(19)7-5-8-14(17)20)11-21-10-12-6-4-9-16(24-3)18(12)23/h4-10,15,23H,11H2,1-3H3/t15-/m0/s1. The first kappa shape index (κ1) is 18.2. The van der Waals surface area contributed by atoms with E-state index in [-0.39, 0.29) is 17.6 Å². The van der Waals surface area contributed by atoms with Crippen molar-refractivity contribution in [2.75, 3.05) is 27.7 Å². The third kappa shape index (κ3) is 4.04. The minimum absolute atomic E-state index is 0.0223. The second-order valence-corrected chi connectivity index (χ2v) is 5.91. The Labute approximate surface area is 146 Å². The number of phenols is 1. The van der Waals surface area contributed by atoms with E-state index in [0.717, 1.165) is 0 Å². The van der Waals surface area contributed by atoms with Crippen molar-refractivity contribution in [3.63, 3.8) is 0 Å². The molecule has 2 aromatic carbocycles. The maximum absolute atomic E-state index is 14.2. The molecule has 0 radical (unpaired) electrons. The van der Waals surface area contributed by atoms with Crippen LogP contribution in [0, 0.1) is 5.82 Å². The number of benzene rings is 2. The average Bonchev–Trinajstić information content (AvgIpc) is 2.54. The second-order valence-electron chi connectivity index (χ2n) is 5.51. The number of ether oxygens (including phenoxy) is 1. The third-order valence-electron chi connectivity index (χ3n) is 3.72. The topological polar surface area (TPSA) is 45.1 Å². The molecule has 6 heteroatoms. The monoisotopic (exact) mass is 350 g/mol. The number of halogens is 2. The molecule has 2 aromatic rings. The van der Waals surface area contributed by atoms with Crippen molar-refractivity contribution in [2.24, 2.45) is 4.99 Å². The molecule has 0 aromatic heterocycles. The zero-order valence-corrected chi connectivity index (χ0v) is 14.6. The predicted octanol–water partition coefficient (Wildman–Crippen LogP) is 3.92. The van der Waals surface area contributed by atoms with Crippen LogP contribution in [0.25, 0.3) is 0 Å². The molecule has 0 amide bonds. The summed E-state index contributed by atoms with van der Waals surface area (Å²) < 4.78 is 19.2. The van der Waals surface area contributed by atoms with Gasteiger partial charge < -0.3 is 14.7 Å². The first-order valence-electron chi connectivity index (χ1n) is 7.41. The summed E-state index contributed by atoms with van der Waals surface area (Å²) in [5, 5.41) is 10.4. The SMILES string of the molecule is COc1cccc(C=NC[C@@H](c2c(F)cccc2Cl)N(C)C)c1O. The second kappa shape index (κ2) is 8.13. The van der Waals surface area contributed by atoms with Crippen LogP contribution in [-0.2, 0) is 0 Å². The van der Waals surface area contributed by atoms with Crippen LogP contribution < -0.4 is 4.74 Å². The molecule has 4 nitrogen and oxygen atoms in total. The van der Waals surface area contributed by atoms with Gasteiger partial charge in [-0.3, -0.25) is 4.99 Å². The maximum Gasteiger partial charge on any atom is 0.166 e. The largest absolute Gasteiger partial charge is 0.504 e. The van der Waals surface area contributed by atoms with E-state index in [1.165, 1.54) is 13.2 Å². The Hall–Kier alpha value is -2.11. The van der Waals surface area contributed by atoms with E-state index in [2.05, 4.69) is 4.99 Å². The molecule has 2 rings (SSSR count). The molecule has 128 valence electrons. The molecule has 0 bridgehead atoms. The van der Waals surface area contributed by atoms with Crippen LogP contribution >= 0.6 is 11.6 Å². The number of hydrogen-bond acceptors (Lipinski definition) is 4. The summed E-state index contributed by atoms with van der Waals surface area (Å²) in [7, 11) is 5.16. The fraction of sp³-hybridized carbons (Fsp3) is 0.278. The molecule has 0 fully saturated rings. The number of methoxy groups -OCH3 is 1. The van der Waals surface area contributed by atoms with Crippen molar-refractivity contribution in [2.45, 2.75) is 6.04 Å².